The maximum absolute atomic E-state index is 15.4. The minimum absolute atomic E-state index is 0.194. The highest BCUT2D eigenvalue weighted by atomic mass is 16.6. The largest absolute Gasteiger partial charge is 0.496 e. The van der Waals surface area contributed by atoms with E-state index in [2.05, 4.69) is 14.8 Å². The molecule has 330 valence electrons. The predicted molar refractivity (Wildman–Crippen MR) is 226 cm³/mol. The second-order valence-electron chi connectivity index (χ2n) is 18.5. The number of aliphatic hydroxyl groups is 2. The first-order valence-corrected chi connectivity index (χ1v) is 21.7. The van der Waals surface area contributed by atoms with Crippen molar-refractivity contribution in [1.29, 1.82) is 0 Å². The number of aromatic nitrogens is 1. The van der Waals surface area contributed by atoms with Crippen LogP contribution in [0.15, 0.2) is 42.5 Å². The van der Waals surface area contributed by atoms with E-state index >= 15 is 4.79 Å². The Morgan fingerprint density at radius 1 is 0.952 bits per heavy atom. The van der Waals surface area contributed by atoms with Gasteiger partial charge in [0.15, 0.2) is 6.10 Å². The van der Waals surface area contributed by atoms with E-state index in [0.29, 0.717) is 99.3 Å². The molecule has 15 nitrogen and oxygen atoms in total. The third kappa shape index (κ3) is 5.46. The number of anilines is 1. The first-order chi connectivity index (χ1) is 29.7. The number of carbonyl (C=O) groups is 5. The molecule has 1 saturated carbocycles. The highest BCUT2D eigenvalue weighted by Gasteiger charge is 2.81. The van der Waals surface area contributed by atoms with Crippen molar-refractivity contribution in [2.75, 3.05) is 59.0 Å². The van der Waals surface area contributed by atoms with E-state index in [1.54, 1.807) is 12.1 Å². The Hall–Kier alpha value is -5.09. The van der Waals surface area contributed by atoms with Crippen molar-refractivity contribution in [1.82, 2.24) is 14.8 Å². The normalized spacial score (nSPS) is 35.6. The average Bonchev–Trinajstić information content (AvgIpc) is 3.95. The summed E-state index contributed by atoms with van der Waals surface area (Å²) in [6.45, 7) is 7.85. The molecule has 1 unspecified atom stereocenters. The van der Waals surface area contributed by atoms with Gasteiger partial charge >= 0.3 is 17.9 Å². The first-order valence-electron chi connectivity index (χ1n) is 21.7. The second kappa shape index (κ2) is 14.7. The minimum atomic E-state index is -2.56. The van der Waals surface area contributed by atoms with E-state index in [4.69, 9.17) is 18.9 Å². The number of hydrogen-bond acceptors (Lipinski definition) is 13. The maximum atomic E-state index is 15.4. The van der Waals surface area contributed by atoms with Crippen molar-refractivity contribution in [2.45, 2.75) is 99.5 Å². The summed E-state index contributed by atoms with van der Waals surface area (Å²) in [4.78, 5) is 78.3. The number of amides is 1. The maximum Gasteiger partial charge on any atom is 0.344 e. The molecule has 5 aliphatic heterocycles. The first kappa shape index (κ1) is 42.2. The molecule has 6 aliphatic rings. The highest BCUT2D eigenvalue weighted by molar-refractivity contribution is 5.97. The molecule has 1 aromatic heterocycles. The van der Waals surface area contributed by atoms with E-state index in [-0.39, 0.29) is 18.1 Å². The Bertz CT molecular complexity index is 2410. The van der Waals surface area contributed by atoms with E-state index in [9.17, 15) is 29.4 Å². The van der Waals surface area contributed by atoms with Crippen LogP contribution in [0.25, 0.3) is 10.9 Å². The van der Waals surface area contributed by atoms with Gasteiger partial charge in [0, 0.05) is 83.8 Å². The smallest absolute Gasteiger partial charge is 0.344 e. The van der Waals surface area contributed by atoms with Gasteiger partial charge in [0.2, 0.25) is 12.0 Å². The van der Waals surface area contributed by atoms with Gasteiger partial charge in [-0.15, -0.1) is 0 Å². The minimum Gasteiger partial charge on any atom is -0.496 e. The quantitative estimate of drug-likeness (QED) is 0.123. The van der Waals surface area contributed by atoms with Crippen LogP contribution in [0.3, 0.4) is 0 Å². The number of H-pyrrole nitrogens is 1. The van der Waals surface area contributed by atoms with Crippen LogP contribution in [-0.4, -0.2) is 139 Å². The Balaban J connectivity index is 1.39. The van der Waals surface area contributed by atoms with Crippen LogP contribution in [0.4, 0.5) is 5.69 Å². The van der Waals surface area contributed by atoms with Crippen LogP contribution < -0.4 is 9.64 Å². The van der Waals surface area contributed by atoms with Gasteiger partial charge in [-0.3, -0.25) is 29.0 Å². The van der Waals surface area contributed by atoms with E-state index in [1.807, 2.05) is 44.2 Å². The Morgan fingerprint density at radius 2 is 1.73 bits per heavy atom. The fraction of sp³-hybridized carbons (Fsp3) is 0.553. The third-order valence-electron chi connectivity index (χ3n) is 15.8. The number of ether oxygens (including phenoxy) is 4. The van der Waals surface area contributed by atoms with Gasteiger partial charge in [0.1, 0.15) is 17.5 Å². The Labute approximate surface area is 360 Å². The molecular weight excluding hydrogens is 797 g/mol. The topological polar surface area (TPSA) is 188 Å². The molecule has 3 N–H and O–H groups in total. The van der Waals surface area contributed by atoms with Crippen molar-refractivity contribution in [3.8, 4) is 5.75 Å². The van der Waals surface area contributed by atoms with Crippen LogP contribution in [0.2, 0.25) is 0 Å². The fourth-order valence-electron chi connectivity index (χ4n) is 13.5. The van der Waals surface area contributed by atoms with Crippen LogP contribution in [0, 0.1) is 11.3 Å². The molecule has 1 aliphatic carbocycles. The van der Waals surface area contributed by atoms with Gasteiger partial charge in [-0.25, -0.2) is 4.79 Å². The second-order valence-corrected chi connectivity index (χ2v) is 18.5. The number of carbonyl (C=O) groups excluding carboxylic acids is 5. The van der Waals surface area contributed by atoms with Gasteiger partial charge < -0.3 is 39.0 Å². The Morgan fingerprint density at radius 3 is 2.39 bits per heavy atom. The molecule has 1 spiro atoms. The summed E-state index contributed by atoms with van der Waals surface area (Å²) in [7, 11) is 4.01. The van der Waals surface area contributed by atoms with E-state index < -0.39 is 63.5 Å². The number of methoxy groups -OCH3 is 3. The van der Waals surface area contributed by atoms with E-state index in [1.165, 1.54) is 26.0 Å². The van der Waals surface area contributed by atoms with Gasteiger partial charge in [-0.1, -0.05) is 26.0 Å². The number of aldehydes is 1. The van der Waals surface area contributed by atoms with Crippen molar-refractivity contribution in [3.63, 3.8) is 0 Å². The molecule has 15 heteroatoms. The van der Waals surface area contributed by atoms with Crippen LogP contribution in [0.5, 0.6) is 5.75 Å². The summed E-state index contributed by atoms with van der Waals surface area (Å²) in [5.41, 5.74) is -3.46. The zero-order valence-corrected chi connectivity index (χ0v) is 36.2. The molecular formula is C47H56N4O11. The van der Waals surface area contributed by atoms with Crippen molar-refractivity contribution in [2.24, 2.45) is 11.3 Å². The summed E-state index contributed by atoms with van der Waals surface area (Å²) in [5, 5.41) is 26.1. The van der Waals surface area contributed by atoms with Gasteiger partial charge in [-0.2, -0.15) is 0 Å². The van der Waals surface area contributed by atoms with E-state index in [0.717, 1.165) is 29.9 Å². The number of aromatic amines is 1. The van der Waals surface area contributed by atoms with Crippen LogP contribution in [-0.2, 0) is 50.6 Å². The van der Waals surface area contributed by atoms with Gasteiger partial charge in [0.05, 0.1) is 38.7 Å². The van der Waals surface area contributed by atoms with Crippen molar-refractivity contribution < 1.29 is 53.1 Å². The summed E-state index contributed by atoms with van der Waals surface area (Å²) >= 11 is 0. The average molecular weight is 853 g/mol. The summed E-state index contributed by atoms with van der Waals surface area (Å²) in [5.74, 6) is -2.28. The number of nitrogens with one attached hydrogen (secondary N) is 1. The fourth-order valence-corrected chi connectivity index (χ4v) is 13.5. The zero-order chi connectivity index (χ0) is 44.1. The number of rotatable bonds is 9. The van der Waals surface area contributed by atoms with Crippen LogP contribution >= 0.6 is 0 Å². The van der Waals surface area contributed by atoms with Gasteiger partial charge in [0.25, 0.3) is 0 Å². The lowest BCUT2D eigenvalue weighted by atomic mass is 9.47. The van der Waals surface area contributed by atoms with Crippen molar-refractivity contribution in [3.05, 3.63) is 70.4 Å². The number of nitrogens with zero attached hydrogens (tertiary/aromatic N) is 3. The lowest BCUT2D eigenvalue weighted by Crippen LogP contribution is -2.81. The molecule has 62 heavy (non-hydrogen) atoms. The highest BCUT2D eigenvalue weighted by Crippen LogP contribution is 2.68. The zero-order valence-electron chi connectivity index (χ0n) is 36.2. The number of benzene rings is 2. The number of hydrogen-bond donors (Lipinski definition) is 3. The summed E-state index contributed by atoms with van der Waals surface area (Å²) < 4.78 is 23.7. The SMILES string of the molecule is CC[C@]1(O)C[C@H]2CN(CCc3c([nH]c4ccc(C=O)cc34)[C@@](C(=O)OC)(c3cc4c(cc3OC)N(C=O)[C@H]3[C@@](O)(C(=O)OC)[C@H](OC(C)=O)[C@]5(CC)C=CCN6CC[C@]43[C@@H]65)C2)C1. The molecule has 9 rings (SSSR count). The lowest BCUT2D eigenvalue weighted by Gasteiger charge is -2.63. The molecule has 2 bridgehead atoms. The standard InChI is InChI=1S/C47H56N4O11/c1-7-43(57)21-29-22-46(41(55)60-5,37-30(12-16-49(23-29)25-43)31-18-28(24-52)10-11-34(31)48-37)33-19-32-35(20-36(33)59-4)51(26-53)39-45(32)14-17-50-15-9-13-44(8-2,38(45)50)40(62-27(3)54)47(39,58)42(56)61-6/h9-11,13,18-20,24,26,29,38-40,48,57-58H,7-8,12,14-17,21-23,25H2,1-6H3/t29-,38+,39-,40-,43+,44-,45-,46+,47+/m1/s1. The number of piperidine rings is 1. The molecule has 3 fully saturated rings. The molecule has 0 radical (unpaired) electrons. The number of fused-ring (bicyclic) bond motifs is 6. The number of esters is 3. The van der Waals surface area contributed by atoms with Crippen molar-refractivity contribution >= 4 is 47.2 Å². The lowest BCUT2D eigenvalue weighted by molar-refractivity contribution is -0.228. The molecule has 6 heterocycles. The molecule has 3 aromatic rings. The third-order valence-corrected chi connectivity index (χ3v) is 15.8. The molecule has 2 saturated heterocycles. The Kier molecular flexibility index (Phi) is 10.0. The monoisotopic (exact) mass is 852 g/mol. The van der Waals surface area contributed by atoms with Gasteiger partial charge in [-0.05, 0) is 86.4 Å². The molecule has 10 atom stereocenters. The molecule has 1 amide bonds. The summed E-state index contributed by atoms with van der Waals surface area (Å²) in [6, 6.07) is 7.21. The molecule has 2 aromatic carbocycles. The summed E-state index contributed by atoms with van der Waals surface area (Å²) in [6.07, 6.45) is 6.22. The predicted octanol–water partition coefficient (Wildman–Crippen LogP) is 3.33. The van der Waals surface area contributed by atoms with Crippen LogP contribution in [0.1, 0.15) is 85.6 Å².